The van der Waals surface area contributed by atoms with Crippen molar-refractivity contribution in [2.24, 2.45) is 0 Å². The minimum atomic E-state index is 0.471. The number of hydrogen-bond acceptors (Lipinski definition) is 4. The van der Waals surface area contributed by atoms with E-state index in [0.29, 0.717) is 5.88 Å². The Labute approximate surface area is 123 Å². The summed E-state index contributed by atoms with van der Waals surface area (Å²) in [7, 11) is 1.64. The highest BCUT2D eigenvalue weighted by atomic mass is 16.5. The lowest BCUT2D eigenvalue weighted by Gasteiger charge is -2.05. The molecule has 1 heterocycles. The van der Waals surface area contributed by atoms with Crippen LogP contribution in [0.4, 0.5) is 0 Å². The molecule has 0 saturated heterocycles. The molecule has 0 atom stereocenters. The molecule has 0 amide bonds. The standard InChI is InChI=1S/C17H14N2O2/c1-20-14-9-7-13(8-10-14)16-11-12-17(19-18-16)21-15-5-3-2-4-6-15/h2-12H,1H3. The van der Waals surface area contributed by atoms with E-state index in [2.05, 4.69) is 10.2 Å². The van der Waals surface area contributed by atoms with Gasteiger partial charge in [0.25, 0.3) is 0 Å². The predicted molar refractivity (Wildman–Crippen MR) is 80.5 cm³/mol. The largest absolute Gasteiger partial charge is 0.497 e. The molecular formula is C17H14N2O2. The molecule has 0 saturated carbocycles. The molecule has 0 spiro atoms. The molecule has 1 aromatic heterocycles. The third kappa shape index (κ3) is 3.17. The van der Waals surface area contributed by atoms with Crippen molar-refractivity contribution >= 4 is 0 Å². The summed E-state index contributed by atoms with van der Waals surface area (Å²) in [6.45, 7) is 0. The minimum absolute atomic E-state index is 0.471. The van der Waals surface area contributed by atoms with Gasteiger partial charge in [0, 0.05) is 11.6 Å². The lowest BCUT2D eigenvalue weighted by molar-refractivity contribution is 0.415. The molecule has 0 unspecified atom stereocenters. The van der Waals surface area contributed by atoms with Crippen LogP contribution < -0.4 is 9.47 Å². The van der Waals surface area contributed by atoms with Crippen LogP contribution in [0.15, 0.2) is 66.7 Å². The maximum Gasteiger partial charge on any atom is 0.238 e. The average Bonchev–Trinajstić information content (AvgIpc) is 2.57. The number of methoxy groups -OCH3 is 1. The number of rotatable bonds is 4. The Kier molecular flexibility index (Phi) is 3.78. The second kappa shape index (κ2) is 6.05. The van der Waals surface area contributed by atoms with E-state index < -0.39 is 0 Å². The van der Waals surface area contributed by atoms with Crippen molar-refractivity contribution in [2.45, 2.75) is 0 Å². The minimum Gasteiger partial charge on any atom is -0.497 e. The Morgan fingerprint density at radius 3 is 2.10 bits per heavy atom. The molecule has 4 nitrogen and oxygen atoms in total. The number of aromatic nitrogens is 2. The van der Waals surface area contributed by atoms with Crippen LogP contribution in [-0.2, 0) is 0 Å². The van der Waals surface area contributed by atoms with Gasteiger partial charge in [-0.15, -0.1) is 10.2 Å². The van der Waals surface area contributed by atoms with E-state index in [1.807, 2.05) is 60.7 Å². The normalized spacial score (nSPS) is 10.1. The molecule has 0 bridgehead atoms. The fourth-order valence-electron chi connectivity index (χ4n) is 1.90. The quantitative estimate of drug-likeness (QED) is 0.725. The molecule has 0 radical (unpaired) electrons. The van der Waals surface area contributed by atoms with Crippen molar-refractivity contribution in [1.82, 2.24) is 10.2 Å². The molecule has 4 heteroatoms. The molecule has 2 aromatic carbocycles. The van der Waals surface area contributed by atoms with E-state index >= 15 is 0 Å². The monoisotopic (exact) mass is 278 g/mol. The van der Waals surface area contributed by atoms with E-state index in [4.69, 9.17) is 9.47 Å². The maximum absolute atomic E-state index is 5.61. The fourth-order valence-corrected chi connectivity index (χ4v) is 1.90. The van der Waals surface area contributed by atoms with Gasteiger partial charge in [-0.05, 0) is 42.5 Å². The second-order valence-electron chi connectivity index (χ2n) is 4.40. The van der Waals surface area contributed by atoms with Crippen LogP contribution in [0.25, 0.3) is 11.3 Å². The van der Waals surface area contributed by atoms with Gasteiger partial charge in [-0.1, -0.05) is 18.2 Å². The Bertz CT molecular complexity index is 695. The molecule has 0 aliphatic heterocycles. The molecule has 21 heavy (non-hydrogen) atoms. The van der Waals surface area contributed by atoms with Gasteiger partial charge in [0.15, 0.2) is 0 Å². The van der Waals surface area contributed by atoms with Crippen LogP contribution in [0.2, 0.25) is 0 Å². The average molecular weight is 278 g/mol. The van der Waals surface area contributed by atoms with Gasteiger partial charge >= 0.3 is 0 Å². The van der Waals surface area contributed by atoms with Crippen molar-refractivity contribution in [3.05, 3.63) is 66.7 Å². The van der Waals surface area contributed by atoms with Gasteiger partial charge < -0.3 is 9.47 Å². The first-order chi connectivity index (χ1) is 10.3. The number of hydrogen-bond donors (Lipinski definition) is 0. The number of nitrogens with zero attached hydrogens (tertiary/aromatic N) is 2. The van der Waals surface area contributed by atoms with Crippen molar-refractivity contribution in [1.29, 1.82) is 0 Å². The zero-order chi connectivity index (χ0) is 14.5. The molecule has 3 rings (SSSR count). The van der Waals surface area contributed by atoms with E-state index in [0.717, 1.165) is 22.8 Å². The Morgan fingerprint density at radius 2 is 1.48 bits per heavy atom. The van der Waals surface area contributed by atoms with E-state index in [-0.39, 0.29) is 0 Å². The van der Waals surface area contributed by atoms with E-state index in [1.54, 1.807) is 13.2 Å². The van der Waals surface area contributed by atoms with Crippen molar-refractivity contribution in [3.63, 3.8) is 0 Å². The van der Waals surface area contributed by atoms with Crippen molar-refractivity contribution < 1.29 is 9.47 Å². The fraction of sp³-hybridized carbons (Fsp3) is 0.0588. The highest BCUT2D eigenvalue weighted by Crippen LogP contribution is 2.23. The van der Waals surface area contributed by atoms with Gasteiger partial charge in [0.05, 0.1) is 12.8 Å². The van der Waals surface area contributed by atoms with Crippen molar-refractivity contribution in [3.8, 4) is 28.6 Å². The summed E-state index contributed by atoms with van der Waals surface area (Å²) < 4.78 is 10.7. The summed E-state index contributed by atoms with van der Waals surface area (Å²) in [5, 5.41) is 8.27. The van der Waals surface area contributed by atoms with Crippen molar-refractivity contribution in [2.75, 3.05) is 7.11 Å². The van der Waals surface area contributed by atoms with Gasteiger partial charge in [0.2, 0.25) is 5.88 Å². The smallest absolute Gasteiger partial charge is 0.238 e. The summed E-state index contributed by atoms with van der Waals surface area (Å²) in [6.07, 6.45) is 0. The first kappa shape index (κ1) is 13.1. The Balaban J connectivity index is 1.77. The molecule has 0 fully saturated rings. The molecule has 0 aliphatic rings. The van der Waals surface area contributed by atoms with Gasteiger partial charge in [-0.3, -0.25) is 0 Å². The highest BCUT2D eigenvalue weighted by Gasteiger charge is 2.03. The number of ether oxygens (including phenoxy) is 2. The topological polar surface area (TPSA) is 44.2 Å². The van der Waals surface area contributed by atoms with Crippen LogP contribution in [0.5, 0.6) is 17.4 Å². The SMILES string of the molecule is COc1ccc(-c2ccc(Oc3ccccc3)nn2)cc1. The van der Waals surface area contributed by atoms with Crippen LogP contribution in [0.3, 0.4) is 0 Å². The predicted octanol–water partition coefficient (Wildman–Crippen LogP) is 3.94. The first-order valence-corrected chi connectivity index (χ1v) is 6.56. The highest BCUT2D eigenvalue weighted by molar-refractivity contribution is 5.59. The molecule has 3 aromatic rings. The lowest BCUT2D eigenvalue weighted by atomic mass is 10.1. The zero-order valence-corrected chi connectivity index (χ0v) is 11.6. The first-order valence-electron chi connectivity index (χ1n) is 6.56. The summed E-state index contributed by atoms with van der Waals surface area (Å²) in [4.78, 5) is 0. The summed E-state index contributed by atoms with van der Waals surface area (Å²) in [6, 6.07) is 20.9. The maximum atomic E-state index is 5.61. The van der Waals surface area contributed by atoms with E-state index in [9.17, 15) is 0 Å². The zero-order valence-electron chi connectivity index (χ0n) is 11.6. The van der Waals surface area contributed by atoms with Crippen LogP contribution in [0, 0.1) is 0 Å². The Hall–Kier alpha value is -2.88. The Morgan fingerprint density at radius 1 is 0.714 bits per heavy atom. The summed E-state index contributed by atoms with van der Waals surface area (Å²) >= 11 is 0. The third-order valence-electron chi connectivity index (χ3n) is 2.99. The van der Waals surface area contributed by atoms with Crippen LogP contribution in [-0.4, -0.2) is 17.3 Å². The summed E-state index contributed by atoms with van der Waals surface area (Å²) in [5.41, 5.74) is 1.77. The molecule has 104 valence electrons. The summed E-state index contributed by atoms with van der Waals surface area (Å²) in [5.74, 6) is 2.03. The van der Waals surface area contributed by atoms with Gasteiger partial charge in [-0.2, -0.15) is 0 Å². The number of benzene rings is 2. The third-order valence-corrected chi connectivity index (χ3v) is 2.99. The number of para-hydroxylation sites is 1. The van der Waals surface area contributed by atoms with Crippen LogP contribution >= 0.6 is 0 Å². The molecular weight excluding hydrogens is 264 g/mol. The second-order valence-corrected chi connectivity index (χ2v) is 4.40. The van der Waals surface area contributed by atoms with Crippen LogP contribution in [0.1, 0.15) is 0 Å². The van der Waals surface area contributed by atoms with Gasteiger partial charge in [0.1, 0.15) is 11.5 Å². The molecule has 0 aliphatic carbocycles. The molecule has 0 N–H and O–H groups in total. The van der Waals surface area contributed by atoms with E-state index in [1.165, 1.54) is 0 Å². The van der Waals surface area contributed by atoms with Gasteiger partial charge in [-0.25, -0.2) is 0 Å². The lowest BCUT2D eigenvalue weighted by Crippen LogP contribution is -1.92.